The third-order valence-corrected chi connectivity index (χ3v) is 0.702. The van der Waals surface area contributed by atoms with Crippen LogP contribution in [0.4, 0.5) is 4.79 Å². The number of rotatable bonds is 2. The first kappa shape index (κ1) is 8.66. The quantitative estimate of drug-likeness (QED) is 0.164. The number of hydrogen-bond acceptors (Lipinski definition) is 4. The molecular weight excluding hydrogens is 138 g/mol. The maximum Gasteiger partial charge on any atom is 0.329 e. The zero-order valence-electron chi connectivity index (χ0n) is 5.18. The number of nitrogens with two attached hydrogens (primary N) is 2. The molecule has 0 radical (unpaired) electrons. The third-order valence-electron chi connectivity index (χ3n) is 0.702. The minimum atomic E-state index is -0.636. The summed E-state index contributed by atoms with van der Waals surface area (Å²) >= 11 is 0. The highest BCUT2D eigenvalue weighted by Gasteiger charge is 1.99. The average molecular weight is 147 g/mol. The molecule has 10 heavy (non-hydrogen) atoms. The van der Waals surface area contributed by atoms with E-state index < -0.39 is 11.9 Å². The molecule has 3 amide bonds. The van der Waals surface area contributed by atoms with Crippen molar-refractivity contribution in [3.63, 3.8) is 0 Å². The van der Waals surface area contributed by atoms with Crippen LogP contribution in [0.25, 0.3) is 0 Å². The molecule has 0 bridgehead atoms. The summed E-state index contributed by atoms with van der Waals surface area (Å²) in [5.74, 6) is 8.88. The molecule has 0 aromatic heterocycles. The van der Waals surface area contributed by atoms with Gasteiger partial charge in [-0.2, -0.15) is 0 Å². The van der Waals surface area contributed by atoms with Gasteiger partial charge in [-0.15, -0.1) is 0 Å². The molecule has 0 unspecified atom stereocenters. The van der Waals surface area contributed by atoms with Gasteiger partial charge in [0.2, 0.25) is 0 Å². The van der Waals surface area contributed by atoms with Gasteiger partial charge >= 0.3 is 6.03 Å². The average Bonchev–Trinajstić information content (AvgIpc) is 1.99. The van der Waals surface area contributed by atoms with Crippen LogP contribution in [0, 0.1) is 0 Å². The van der Waals surface area contributed by atoms with Gasteiger partial charge in [0.15, 0.2) is 0 Å². The van der Waals surface area contributed by atoms with E-state index in [2.05, 4.69) is 11.2 Å². The van der Waals surface area contributed by atoms with Gasteiger partial charge in [0.05, 0.1) is 6.54 Å². The molecule has 0 heterocycles. The lowest BCUT2D eigenvalue weighted by Crippen LogP contribution is -2.45. The normalized spacial score (nSPS) is 8.20. The van der Waals surface area contributed by atoms with Crippen LogP contribution in [0.2, 0.25) is 0 Å². The van der Waals surface area contributed by atoms with E-state index in [4.69, 9.17) is 5.84 Å². The van der Waals surface area contributed by atoms with Crippen LogP contribution < -0.4 is 27.9 Å². The van der Waals surface area contributed by atoms with Crippen LogP contribution in [-0.4, -0.2) is 18.5 Å². The Morgan fingerprint density at radius 3 is 2.20 bits per heavy atom. The van der Waals surface area contributed by atoms with Gasteiger partial charge in [0.25, 0.3) is 5.91 Å². The molecule has 7 nitrogen and oxygen atoms in total. The molecule has 7 N–H and O–H groups in total. The monoisotopic (exact) mass is 147 g/mol. The second kappa shape index (κ2) is 4.53. The number of nitrogens with one attached hydrogen (secondary N) is 3. The van der Waals surface area contributed by atoms with E-state index in [0.29, 0.717) is 0 Å². The van der Waals surface area contributed by atoms with Crippen LogP contribution in [0.15, 0.2) is 0 Å². The standard InChI is InChI=1S/C3H9N5O2/c4-7-2(9)1-6-3(10)8-5/h1,4-5H2,(H,7,9)(H2,6,8,10). The largest absolute Gasteiger partial charge is 0.329 e. The minimum absolute atomic E-state index is 0.195. The summed E-state index contributed by atoms with van der Waals surface area (Å²) in [6.07, 6.45) is 0. The summed E-state index contributed by atoms with van der Waals surface area (Å²) in [4.78, 5) is 20.6. The zero-order valence-corrected chi connectivity index (χ0v) is 5.18. The van der Waals surface area contributed by atoms with Gasteiger partial charge < -0.3 is 5.32 Å². The Morgan fingerprint density at radius 2 is 1.80 bits per heavy atom. The molecule has 0 spiro atoms. The van der Waals surface area contributed by atoms with Gasteiger partial charge in [-0.1, -0.05) is 0 Å². The van der Waals surface area contributed by atoms with Crippen molar-refractivity contribution in [3.05, 3.63) is 0 Å². The van der Waals surface area contributed by atoms with E-state index in [-0.39, 0.29) is 6.54 Å². The lowest BCUT2D eigenvalue weighted by molar-refractivity contribution is -0.120. The molecule has 58 valence electrons. The summed E-state index contributed by atoms with van der Waals surface area (Å²) in [6, 6.07) is -0.636. The molecule has 0 saturated heterocycles. The van der Waals surface area contributed by atoms with Gasteiger partial charge in [0, 0.05) is 0 Å². The highest BCUT2D eigenvalue weighted by atomic mass is 16.2. The molecule has 0 fully saturated rings. The Labute approximate surface area is 57.1 Å². The van der Waals surface area contributed by atoms with Crippen LogP contribution in [0.3, 0.4) is 0 Å². The fourth-order valence-corrected chi connectivity index (χ4v) is 0.263. The van der Waals surface area contributed by atoms with E-state index in [1.165, 1.54) is 0 Å². The molecule has 0 aromatic carbocycles. The van der Waals surface area contributed by atoms with Crippen LogP contribution in [0.5, 0.6) is 0 Å². The smallest absolute Gasteiger partial charge is 0.328 e. The Balaban J connectivity index is 3.35. The summed E-state index contributed by atoms with van der Waals surface area (Å²) in [5.41, 5.74) is 3.60. The molecule has 0 atom stereocenters. The van der Waals surface area contributed by atoms with Gasteiger partial charge in [0.1, 0.15) is 0 Å². The number of urea groups is 1. The van der Waals surface area contributed by atoms with E-state index in [1.54, 1.807) is 5.43 Å². The number of hydrazine groups is 2. The number of carbonyl (C=O) groups is 2. The van der Waals surface area contributed by atoms with Gasteiger partial charge in [-0.25, -0.2) is 16.5 Å². The molecular formula is C3H9N5O2. The van der Waals surface area contributed by atoms with Crippen LogP contribution in [0.1, 0.15) is 0 Å². The van der Waals surface area contributed by atoms with E-state index in [1.807, 2.05) is 5.43 Å². The number of amides is 3. The topological polar surface area (TPSA) is 122 Å². The first-order valence-electron chi connectivity index (χ1n) is 2.44. The van der Waals surface area contributed by atoms with E-state index in [9.17, 15) is 9.59 Å². The number of hydrogen-bond donors (Lipinski definition) is 5. The maximum absolute atomic E-state index is 10.3. The predicted molar refractivity (Wildman–Crippen MR) is 33.1 cm³/mol. The molecule has 0 aliphatic rings. The fourth-order valence-electron chi connectivity index (χ4n) is 0.263. The maximum atomic E-state index is 10.3. The van der Waals surface area contributed by atoms with Crippen molar-refractivity contribution in [2.24, 2.45) is 11.7 Å². The summed E-state index contributed by atoms with van der Waals surface area (Å²) in [7, 11) is 0. The highest BCUT2D eigenvalue weighted by molar-refractivity contribution is 5.83. The Hall–Kier alpha value is -1.34. The molecule has 0 rings (SSSR count). The predicted octanol–water partition coefficient (Wildman–Crippen LogP) is -2.85. The van der Waals surface area contributed by atoms with Gasteiger partial charge in [-0.05, 0) is 0 Å². The molecule has 0 aromatic rings. The highest BCUT2D eigenvalue weighted by Crippen LogP contribution is 1.59. The van der Waals surface area contributed by atoms with Crippen molar-refractivity contribution < 1.29 is 9.59 Å². The molecule has 0 aliphatic carbocycles. The second-order valence-electron chi connectivity index (χ2n) is 1.39. The first-order chi connectivity index (χ1) is 4.70. The van der Waals surface area contributed by atoms with Crippen LogP contribution >= 0.6 is 0 Å². The zero-order chi connectivity index (χ0) is 7.98. The summed E-state index contributed by atoms with van der Waals surface area (Å²) in [6.45, 7) is -0.195. The molecule has 0 saturated carbocycles. The molecule has 0 aliphatic heterocycles. The van der Waals surface area contributed by atoms with Crippen molar-refractivity contribution in [1.29, 1.82) is 0 Å². The number of carbonyl (C=O) groups excluding carboxylic acids is 2. The van der Waals surface area contributed by atoms with Crippen molar-refractivity contribution in [1.82, 2.24) is 16.2 Å². The third kappa shape index (κ3) is 3.64. The molecule has 7 heteroatoms. The van der Waals surface area contributed by atoms with Crippen molar-refractivity contribution in [3.8, 4) is 0 Å². The van der Waals surface area contributed by atoms with Crippen molar-refractivity contribution in [2.75, 3.05) is 6.54 Å². The lowest BCUT2D eigenvalue weighted by atomic mass is 10.6. The Kier molecular flexibility index (Phi) is 3.92. The van der Waals surface area contributed by atoms with Crippen LogP contribution in [-0.2, 0) is 4.79 Å². The van der Waals surface area contributed by atoms with Crippen molar-refractivity contribution in [2.45, 2.75) is 0 Å². The summed E-state index contributed by atoms with van der Waals surface area (Å²) in [5, 5.41) is 2.12. The SMILES string of the molecule is NNC(=O)CNC(=O)NN. The minimum Gasteiger partial charge on any atom is -0.328 e. The van der Waals surface area contributed by atoms with Gasteiger partial charge in [-0.3, -0.25) is 15.6 Å². The lowest BCUT2D eigenvalue weighted by Gasteiger charge is -2.00. The first-order valence-corrected chi connectivity index (χ1v) is 2.44. The Morgan fingerprint density at radius 1 is 1.20 bits per heavy atom. The fraction of sp³-hybridized carbons (Fsp3) is 0.333. The summed E-state index contributed by atoms with van der Waals surface area (Å²) < 4.78 is 0. The van der Waals surface area contributed by atoms with E-state index in [0.717, 1.165) is 0 Å². The Bertz CT molecular complexity index is 119. The second-order valence-corrected chi connectivity index (χ2v) is 1.39. The van der Waals surface area contributed by atoms with E-state index >= 15 is 0 Å². The van der Waals surface area contributed by atoms with Crippen molar-refractivity contribution >= 4 is 11.9 Å².